The molecule has 1 aliphatic heterocycles. The maximum Gasteiger partial charge on any atom is 0.321 e. The molecule has 0 bridgehead atoms. The molecule has 7 heteroatoms. The van der Waals surface area contributed by atoms with Gasteiger partial charge in [0.25, 0.3) is 0 Å². The molecule has 0 saturated heterocycles. The van der Waals surface area contributed by atoms with E-state index in [9.17, 15) is 14.4 Å². The van der Waals surface area contributed by atoms with Crippen LogP contribution in [0.4, 0.5) is 5.69 Å². The smallest absolute Gasteiger partial charge is 0.321 e. The van der Waals surface area contributed by atoms with Crippen LogP contribution in [-0.2, 0) is 30.4 Å². The molecule has 0 fully saturated rings. The topological polar surface area (TPSA) is 72.9 Å². The van der Waals surface area contributed by atoms with Gasteiger partial charge in [0.1, 0.15) is 0 Å². The van der Waals surface area contributed by atoms with Gasteiger partial charge in [-0.2, -0.15) is 0 Å². The summed E-state index contributed by atoms with van der Waals surface area (Å²) in [5.74, 6) is -4.09. The van der Waals surface area contributed by atoms with Crippen LogP contribution in [0, 0.1) is 9.49 Å². The van der Waals surface area contributed by atoms with E-state index in [-0.39, 0.29) is 19.1 Å². The van der Waals surface area contributed by atoms with Gasteiger partial charge in [-0.1, -0.05) is 36.4 Å². The van der Waals surface area contributed by atoms with Crippen LogP contribution in [-0.4, -0.2) is 31.1 Å². The van der Waals surface area contributed by atoms with E-state index in [0.717, 1.165) is 9.13 Å². The summed E-state index contributed by atoms with van der Waals surface area (Å²) >= 11 is 2.13. The Kier molecular flexibility index (Phi) is 6.89. The van der Waals surface area contributed by atoms with Crippen molar-refractivity contribution < 1.29 is 23.9 Å². The van der Waals surface area contributed by atoms with E-state index < -0.39 is 23.8 Å². The lowest BCUT2D eigenvalue weighted by Gasteiger charge is -2.21. The number of carbonyl (C=O) groups excluding carboxylic acids is 3. The summed E-state index contributed by atoms with van der Waals surface area (Å²) in [5.41, 5.74) is 2.32. The average Bonchev–Trinajstić information content (AvgIpc) is 2.97. The number of fused-ring (bicyclic) bond motifs is 1. The SMILES string of the molecule is CCOC(=O)C(C(=O)OCC)C1C(=O)N(Cc2ccccc2)c2cccc(I)c21. The second kappa shape index (κ2) is 9.39. The molecule has 3 rings (SSSR count). The van der Waals surface area contributed by atoms with E-state index in [4.69, 9.17) is 9.47 Å². The Bertz CT molecular complexity index is 897. The zero-order valence-corrected chi connectivity index (χ0v) is 18.4. The largest absolute Gasteiger partial charge is 0.465 e. The van der Waals surface area contributed by atoms with Crippen molar-refractivity contribution in [2.75, 3.05) is 18.1 Å². The van der Waals surface area contributed by atoms with Crippen LogP contribution in [0.3, 0.4) is 0 Å². The molecule has 2 aromatic carbocycles. The average molecular weight is 507 g/mol. The van der Waals surface area contributed by atoms with Gasteiger partial charge in [0, 0.05) is 14.8 Å². The van der Waals surface area contributed by atoms with Gasteiger partial charge >= 0.3 is 11.9 Å². The molecule has 0 N–H and O–H groups in total. The minimum Gasteiger partial charge on any atom is -0.465 e. The normalized spacial score (nSPS) is 15.4. The number of esters is 2. The summed E-state index contributed by atoms with van der Waals surface area (Å²) in [6.45, 7) is 3.90. The highest BCUT2D eigenvalue weighted by Crippen LogP contribution is 2.45. The summed E-state index contributed by atoms with van der Waals surface area (Å²) < 4.78 is 11.1. The molecule has 0 saturated carbocycles. The number of halogens is 1. The number of amides is 1. The molecule has 0 spiro atoms. The van der Waals surface area contributed by atoms with E-state index in [0.29, 0.717) is 17.8 Å². The van der Waals surface area contributed by atoms with Crippen molar-refractivity contribution in [3.8, 4) is 0 Å². The maximum absolute atomic E-state index is 13.5. The first-order chi connectivity index (χ1) is 14.0. The lowest BCUT2D eigenvalue weighted by molar-refractivity contribution is -0.164. The first-order valence-corrected chi connectivity index (χ1v) is 10.5. The fourth-order valence-corrected chi connectivity index (χ4v) is 4.37. The van der Waals surface area contributed by atoms with Crippen molar-refractivity contribution >= 4 is 46.1 Å². The van der Waals surface area contributed by atoms with Crippen LogP contribution in [0.5, 0.6) is 0 Å². The number of hydrogen-bond donors (Lipinski definition) is 0. The summed E-state index contributed by atoms with van der Waals surface area (Å²) in [5, 5.41) is 0. The lowest BCUT2D eigenvalue weighted by Crippen LogP contribution is -2.39. The number of anilines is 1. The molecule has 152 valence electrons. The first kappa shape index (κ1) is 21.3. The first-order valence-electron chi connectivity index (χ1n) is 9.46. The molecule has 0 radical (unpaired) electrons. The molecule has 1 atom stereocenters. The third-order valence-corrected chi connectivity index (χ3v) is 5.70. The van der Waals surface area contributed by atoms with E-state index >= 15 is 0 Å². The Morgan fingerprint density at radius 1 is 1.00 bits per heavy atom. The van der Waals surface area contributed by atoms with E-state index in [1.54, 1.807) is 18.7 Å². The van der Waals surface area contributed by atoms with Gasteiger partial charge in [-0.05, 0) is 54.1 Å². The van der Waals surface area contributed by atoms with Gasteiger partial charge in [0.15, 0.2) is 5.92 Å². The monoisotopic (exact) mass is 507 g/mol. The standard InChI is InChI=1S/C22H22INO5/c1-3-28-21(26)19(22(27)29-4-2)18-17-15(23)11-8-12-16(17)24(20(18)25)13-14-9-6-5-7-10-14/h5-12,18-19H,3-4,13H2,1-2H3. The highest BCUT2D eigenvalue weighted by Gasteiger charge is 2.50. The predicted molar refractivity (Wildman–Crippen MR) is 116 cm³/mol. The summed E-state index contributed by atoms with van der Waals surface area (Å²) in [4.78, 5) is 40.5. The number of carbonyl (C=O) groups is 3. The van der Waals surface area contributed by atoms with Crippen LogP contribution >= 0.6 is 22.6 Å². The number of benzene rings is 2. The second-order valence-corrected chi connectivity index (χ2v) is 7.70. The Labute approximate surface area is 183 Å². The van der Waals surface area contributed by atoms with Crippen molar-refractivity contribution in [2.24, 2.45) is 5.92 Å². The minimum atomic E-state index is -1.34. The molecular formula is C22H22INO5. The highest BCUT2D eigenvalue weighted by molar-refractivity contribution is 14.1. The van der Waals surface area contributed by atoms with Gasteiger partial charge in [-0.3, -0.25) is 14.4 Å². The van der Waals surface area contributed by atoms with Crippen molar-refractivity contribution in [1.82, 2.24) is 0 Å². The zero-order chi connectivity index (χ0) is 21.0. The van der Waals surface area contributed by atoms with E-state index in [2.05, 4.69) is 22.6 Å². The fourth-order valence-electron chi connectivity index (χ4n) is 3.55. The molecule has 0 aliphatic carbocycles. The summed E-state index contributed by atoms with van der Waals surface area (Å²) in [7, 11) is 0. The van der Waals surface area contributed by atoms with Crippen LogP contribution in [0.15, 0.2) is 48.5 Å². The van der Waals surface area contributed by atoms with Crippen molar-refractivity contribution in [1.29, 1.82) is 0 Å². The van der Waals surface area contributed by atoms with Gasteiger partial charge in [-0.25, -0.2) is 0 Å². The summed E-state index contributed by atoms with van der Waals surface area (Å²) in [6, 6.07) is 15.1. The Balaban J connectivity index is 2.07. The lowest BCUT2D eigenvalue weighted by atomic mass is 9.87. The third kappa shape index (κ3) is 4.29. The number of hydrogen-bond acceptors (Lipinski definition) is 5. The molecule has 2 aromatic rings. The number of nitrogens with zero attached hydrogens (tertiary/aromatic N) is 1. The molecule has 1 unspecified atom stereocenters. The molecule has 1 heterocycles. The van der Waals surface area contributed by atoms with Gasteiger partial charge in [-0.15, -0.1) is 0 Å². The minimum absolute atomic E-state index is 0.113. The molecule has 6 nitrogen and oxygen atoms in total. The third-order valence-electron chi connectivity index (χ3n) is 4.76. The maximum atomic E-state index is 13.5. The van der Waals surface area contributed by atoms with Crippen molar-refractivity contribution in [3.63, 3.8) is 0 Å². The van der Waals surface area contributed by atoms with Crippen molar-refractivity contribution in [2.45, 2.75) is 26.3 Å². The van der Waals surface area contributed by atoms with Crippen LogP contribution in [0.1, 0.15) is 30.9 Å². The second-order valence-electron chi connectivity index (χ2n) is 6.54. The Hall–Kier alpha value is -2.42. The number of ether oxygens (including phenoxy) is 2. The van der Waals surface area contributed by atoms with Gasteiger partial charge < -0.3 is 14.4 Å². The fraction of sp³-hybridized carbons (Fsp3) is 0.318. The molecule has 29 heavy (non-hydrogen) atoms. The molecule has 1 amide bonds. The summed E-state index contributed by atoms with van der Waals surface area (Å²) in [6.07, 6.45) is 0. The zero-order valence-electron chi connectivity index (χ0n) is 16.3. The van der Waals surface area contributed by atoms with Crippen LogP contribution < -0.4 is 4.90 Å². The molecular weight excluding hydrogens is 485 g/mol. The Morgan fingerprint density at radius 2 is 1.62 bits per heavy atom. The predicted octanol–water partition coefficient (Wildman–Crippen LogP) is 3.66. The molecule has 0 aromatic heterocycles. The van der Waals surface area contributed by atoms with Crippen LogP contribution in [0.2, 0.25) is 0 Å². The van der Waals surface area contributed by atoms with E-state index in [1.165, 1.54) is 0 Å². The van der Waals surface area contributed by atoms with Crippen LogP contribution in [0.25, 0.3) is 0 Å². The quantitative estimate of drug-likeness (QED) is 0.325. The van der Waals surface area contributed by atoms with Crippen molar-refractivity contribution in [3.05, 3.63) is 63.2 Å². The number of rotatable bonds is 7. The van der Waals surface area contributed by atoms with Gasteiger partial charge in [0.05, 0.1) is 25.7 Å². The highest BCUT2D eigenvalue weighted by atomic mass is 127. The molecule has 1 aliphatic rings. The van der Waals surface area contributed by atoms with Gasteiger partial charge in [0.2, 0.25) is 5.91 Å². The van der Waals surface area contributed by atoms with E-state index in [1.807, 2.05) is 48.5 Å². The Morgan fingerprint density at radius 3 is 2.21 bits per heavy atom.